The summed E-state index contributed by atoms with van der Waals surface area (Å²) in [5.74, 6) is 6.33. The molecule has 4 nitrogen and oxygen atoms in total. The highest BCUT2D eigenvalue weighted by Gasteiger charge is 2.16. The monoisotopic (exact) mass is 312 g/mol. The SMILES string of the molecule is CCCCC(CC)CC(NN)c1ccc(S(C)(=O)=O)cc1. The van der Waals surface area contributed by atoms with Gasteiger partial charge in [-0.3, -0.25) is 11.3 Å². The molecule has 120 valence electrons. The molecule has 0 spiro atoms. The third kappa shape index (κ3) is 5.77. The average molecular weight is 312 g/mol. The van der Waals surface area contributed by atoms with Crippen LogP contribution in [0, 0.1) is 5.92 Å². The normalized spacial score (nSPS) is 14.9. The summed E-state index contributed by atoms with van der Waals surface area (Å²) in [6.07, 6.45) is 7.00. The molecule has 0 saturated carbocycles. The lowest BCUT2D eigenvalue weighted by molar-refractivity contribution is 0.356. The number of nitrogens with one attached hydrogen (secondary N) is 1. The molecule has 0 bridgehead atoms. The highest BCUT2D eigenvalue weighted by molar-refractivity contribution is 7.90. The van der Waals surface area contributed by atoms with Crippen molar-refractivity contribution in [3.63, 3.8) is 0 Å². The van der Waals surface area contributed by atoms with E-state index in [4.69, 9.17) is 5.84 Å². The van der Waals surface area contributed by atoms with E-state index < -0.39 is 9.84 Å². The molecule has 0 aliphatic rings. The largest absolute Gasteiger partial charge is 0.271 e. The molecule has 0 amide bonds. The summed E-state index contributed by atoms with van der Waals surface area (Å²) in [6, 6.07) is 7.09. The fourth-order valence-corrected chi connectivity index (χ4v) is 3.19. The number of hydrogen-bond donors (Lipinski definition) is 2. The maximum atomic E-state index is 11.5. The van der Waals surface area contributed by atoms with Crippen molar-refractivity contribution in [2.75, 3.05) is 6.26 Å². The maximum absolute atomic E-state index is 11.5. The molecule has 21 heavy (non-hydrogen) atoms. The van der Waals surface area contributed by atoms with Crippen LogP contribution in [-0.4, -0.2) is 14.7 Å². The van der Waals surface area contributed by atoms with E-state index in [-0.39, 0.29) is 6.04 Å². The summed E-state index contributed by atoms with van der Waals surface area (Å²) in [4.78, 5) is 0.347. The number of hydrogen-bond acceptors (Lipinski definition) is 4. The van der Waals surface area contributed by atoms with E-state index in [1.165, 1.54) is 25.5 Å². The summed E-state index contributed by atoms with van der Waals surface area (Å²) in [5, 5.41) is 0. The van der Waals surface area contributed by atoms with Crippen LogP contribution in [0.1, 0.15) is 57.6 Å². The quantitative estimate of drug-likeness (QED) is 0.542. The van der Waals surface area contributed by atoms with Crippen molar-refractivity contribution in [1.82, 2.24) is 5.43 Å². The third-order valence-corrected chi connectivity index (χ3v) is 5.15. The van der Waals surface area contributed by atoms with Gasteiger partial charge in [0.05, 0.1) is 4.90 Å². The average Bonchev–Trinajstić information content (AvgIpc) is 2.47. The first-order chi connectivity index (χ1) is 9.92. The Morgan fingerprint density at radius 2 is 1.81 bits per heavy atom. The first-order valence-electron chi connectivity index (χ1n) is 7.68. The van der Waals surface area contributed by atoms with Crippen molar-refractivity contribution in [2.24, 2.45) is 11.8 Å². The molecule has 0 fully saturated rings. The topological polar surface area (TPSA) is 72.2 Å². The van der Waals surface area contributed by atoms with E-state index >= 15 is 0 Å². The lowest BCUT2D eigenvalue weighted by Gasteiger charge is -2.22. The maximum Gasteiger partial charge on any atom is 0.175 e. The van der Waals surface area contributed by atoms with Crippen LogP contribution in [0.4, 0.5) is 0 Å². The molecule has 3 N–H and O–H groups in total. The second-order valence-corrected chi connectivity index (χ2v) is 7.73. The molecule has 0 aliphatic heterocycles. The molecular weight excluding hydrogens is 284 g/mol. The zero-order valence-corrected chi connectivity index (χ0v) is 14.1. The molecule has 1 aromatic rings. The first-order valence-corrected chi connectivity index (χ1v) is 9.57. The molecule has 2 unspecified atom stereocenters. The smallest absolute Gasteiger partial charge is 0.175 e. The Balaban J connectivity index is 2.80. The summed E-state index contributed by atoms with van der Waals surface area (Å²) in [7, 11) is -3.14. The van der Waals surface area contributed by atoms with E-state index in [1.807, 2.05) is 12.1 Å². The zero-order valence-electron chi connectivity index (χ0n) is 13.3. The second kappa shape index (κ2) is 8.51. The van der Waals surface area contributed by atoms with Crippen LogP contribution >= 0.6 is 0 Å². The van der Waals surface area contributed by atoms with Gasteiger partial charge in [-0.2, -0.15) is 0 Å². The fourth-order valence-electron chi connectivity index (χ4n) is 2.56. The lowest BCUT2D eigenvalue weighted by Crippen LogP contribution is -2.29. The summed E-state index contributed by atoms with van der Waals surface area (Å²) in [6.45, 7) is 4.41. The summed E-state index contributed by atoms with van der Waals surface area (Å²) in [5.41, 5.74) is 3.91. The Kier molecular flexibility index (Phi) is 7.35. The van der Waals surface area contributed by atoms with Gasteiger partial charge in [-0.1, -0.05) is 51.7 Å². The molecule has 0 radical (unpaired) electrons. The van der Waals surface area contributed by atoms with Crippen molar-refractivity contribution in [2.45, 2.75) is 56.9 Å². The third-order valence-electron chi connectivity index (χ3n) is 4.02. The first kappa shape index (κ1) is 18.1. The van der Waals surface area contributed by atoms with Gasteiger partial charge in [-0.15, -0.1) is 0 Å². The number of nitrogens with two attached hydrogens (primary N) is 1. The highest BCUT2D eigenvalue weighted by Crippen LogP contribution is 2.27. The predicted octanol–water partition coefficient (Wildman–Crippen LogP) is 3.20. The van der Waals surface area contributed by atoms with Crippen LogP contribution in [-0.2, 0) is 9.84 Å². The molecule has 0 heterocycles. The van der Waals surface area contributed by atoms with Crippen LogP contribution in [0.3, 0.4) is 0 Å². The van der Waals surface area contributed by atoms with E-state index in [1.54, 1.807) is 12.1 Å². The molecule has 0 saturated heterocycles. The van der Waals surface area contributed by atoms with Crippen molar-refractivity contribution in [3.8, 4) is 0 Å². The minimum atomic E-state index is -3.14. The van der Waals surface area contributed by atoms with Crippen molar-refractivity contribution >= 4 is 9.84 Å². The van der Waals surface area contributed by atoms with Crippen LogP contribution < -0.4 is 11.3 Å². The molecular formula is C16H28N2O2S. The van der Waals surface area contributed by atoms with E-state index in [9.17, 15) is 8.42 Å². The highest BCUT2D eigenvalue weighted by atomic mass is 32.2. The minimum Gasteiger partial charge on any atom is -0.271 e. The van der Waals surface area contributed by atoms with Gasteiger partial charge in [0.25, 0.3) is 0 Å². The Hall–Kier alpha value is -0.910. The molecule has 2 atom stereocenters. The Bertz CT molecular complexity index is 512. The van der Waals surface area contributed by atoms with Crippen LogP contribution in [0.25, 0.3) is 0 Å². The standard InChI is InChI=1S/C16H28N2O2S/c1-4-6-7-13(5-2)12-16(18-17)14-8-10-15(11-9-14)21(3,19)20/h8-11,13,16,18H,4-7,12,17H2,1-3H3. The van der Waals surface area contributed by atoms with Crippen LogP contribution in [0.15, 0.2) is 29.2 Å². The number of hydrazine groups is 1. The van der Waals surface area contributed by atoms with E-state index in [2.05, 4.69) is 19.3 Å². The van der Waals surface area contributed by atoms with Gasteiger partial charge in [0.15, 0.2) is 9.84 Å². The Labute approximate surface area is 129 Å². The molecule has 1 aromatic carbocycles. The lowest BCUT2D eigenvalue weighted by atomic mass is 9.89. The second-order valence-electron chi connectivity index (χ2n) is 5.71. The summed E-state index contributed by atoms with van der Waals surface area (Å²) >= 11 is 0. The number of rotatable bonds is 9. The van der Waals surface area contributed by atoms with Gasteiger partial charge in [0.1, 0.15) is 0 Å². The fraction of sp³-hybridized carbons (Fsp3) is 0.625. The van der Waals surface area contributed by atoms with Gasteiger partial charge < -0.3 is 0 Å². The van der Waals surface area contributed by atoms with Crippen molar-refractivity contribution in [1.29, 1.82) is 0 Å². The molecule has 0 aliphatic carbocycles. The molecule has 0 aromatic heterocycles. The Morgan fingerprint density at radius 3 is 2.24 bits per heavy atom. The number of sulfone groups is 1. The number of benzene rings is 1. The predicted molar refractivity (Wildman–Crippen MR) is 87.5 cm³/mol. The van der Waals surface area contributed by atoms with Crippen LogP contribution in [0.5, 0.6) is 0 Å². The van der Waals surface area contributed by atoms with Gasteiger partial charge in [0, 0.05) is 12.3 Å². The van der Waals surface area contributed by atoms with E-state index in [0.717, 1.165) is 18.4 Å². The Morgan fingerprint density at radius 1 is 1.19 bits per heavy atom. The van der Waals surface area contributed by atoms with Gasteiger partial charge in [0.2, 0.25) is 0 Å². The zero-order chi connectivity index (χ0) is 15.9. The van der Waals surface area contributed by atoms with Crippen molar-refractivity contribution < 1.29 is 8.42 Å². The molecule has 5 heteroatoms. The van der Waals surface area contributed by atoms with Gasteiger partial charge in [-0.05, 0) is 30.0 Å². The summed E-state index contributed by atoms with van der Waals surface area (Å²) < 4.78 is 23.0. The van der Waals surface area contributed by atoms with Gasteiger partial charge in [-0.25, -0.2) is 8.42 Å². The number of unbranched alkanes of at least 4 members (excludes halogenated alkanes) is 1. The van der Waals surface area contributed by atoms with Crippen molar-refractivity contribution in [3.05, 3.63) is 29.8 Å². The van der Waals surface area contributed by atoms with Crippen LogP contribution in [0.2, 0.25) is 0 Å². The molecule has 1 rings (SSSR count). The van der Waals surface area contributed by atoms with Gasteiger partial charge >= 0.3 is 0 Å². The van der Waals surface area contributed by atoms with E-state index in [0.29, 0.717) is 10.8 Å². The minimum absolute atomic E-state index is 0.0698.